The number of aromatic nitrogens is 1. The van der Waals surface area contributed by atoms with E-state index in [0.717, 1.165) is 52.8 Å². The molecule has 0 N–H and O–H groups in total. The Hall–Kier alpha value is -3.22. The highest BCUT2D eigenvalue weighted by molar-refractivity contribution is 5.69. The normalized spacial score (nSPS) is 10.9. The molecule has 0 amide bonds. The monoisotopic (exact) mass is 384 g/mol. The highest BCUT2D eigenvalue weighted by Crippen LogP contribution is 2.32. The average molecular weight is 384 g/mol. The topological polar surface area (TPSA) is 78.4 Å². The molecule has 146 valence electrons. The summed E-state index contributed by atoms with van der Waals surface area (Å²) in [6.45, 7) is 6.25. The van der Waals surface area contributed by atoms with E-state index in [-0.39, 0.29) is 0 Å². The largest absolute Gasteiger partial charge is 0.493 e. The summed E-state index contributed by atoms with van der Waals surface area (Å²) < 4.78 is 24.7. The van der Waals surface area contributed by atoms with Crippen LogP contribution in [0.5, 0.6) is 5.75 Å². The van der Waals surface area contributed by atoms with Crippen molar-refractivity contribution in [2.24, 2.45) is 0 Å². The molecule has 1 heterocycles. The average Bonchev–Trinajstić information content (AvgIpc) is 3.05. The number of rotatable bonds is 7. The van der Waals surface area contributed by atoms with E-state index >= 15 is 0 Å². The zero-order valence-electron chi connectivity index (χ0n) is 16.0. The molecular weight excluding hydrogens is 363 g/mol. The molecule has 0 spiro atoms. The van der Waals surface area contributed by atoms with Gasteiger partial charge in [-0.2, -0.15) is 4.39 Å². The summed E-state index contributed by atoms with van der Waals surface area (Å²) in [6.07, 6.45) is 1.54. The van der Waals surface area contributed by atoms with Crippen LogP contribution in [0.15, 0.2) is 40.9 Å². The van der Waals surface area contributed by atoms with Crippen molar-refractivity contribution in [3.63, 3.8) is 0 Å². The van der Waals surface area contributed by atoms with Gasteiger partial charge in [-0.05, 0) is 67.6 Å². The predicted octanol–water partition coefficient (Wildman–Crippen LogP) is 5.33. The van der Waals surface area contributed by atoms with E-state index in [2.05, 4.69) is 5.16 Å². The first-order valence-electron chi connectivity index (χ1n) is 8.95. The van der Waals surface area contributed by atoms with Gasteiger partial charge in [0.1, 0.15) is 11.5 Å². The second kappa shape index (κ2) is 8.21. The standard InChI is InChI=1S/C21H21FN2O4/c1-13-9-17(16-6-7-19(22)20(12-16)24(25)26)10-14(2)21(13)27-8-4-5-18-11-15(3)23-28-18/h6-7,9-12H,4-5,8H2,1-3H3. The molecule has 0 saturated carbocycles. The Morgan fingerprint density at radius 1 is 1.11 bits per heavy atom. The van der Waals surface area contributed by atoms with Crippen LogP contribution in [0.1, 0.15) is 29.0 Å². The third-order valence-electron chi connectivity index (χ3n) is 4.43. The lowest BCUT2D eigenvalue weighted by atomic mass is 9.99. The Labute approximate surface area is 162 Å². The van der Waals surface area contributed by atoms with E-state index in [1.165, 1.54) is 12.1 Å². The number of nitrogens with zero attached hydrogens (tertiary/aromatic N) is 2. The van der Waals surface area contributed by atoms with Crippen LogP contribution in [0.25, 0.3) is 11.1 Å². The Bertz CT molecular complexity index is 990. The van der Waals surface area contributed by atoms with Crippen molar-refractivity contribution in [1.29, 1.82) is 0 Å². The van der Waals surface area contributed by atoms with Crippen LogP contribution in [0.2, 0.25) is 0 Å². The lowest BCUT2D eigenvalue weighted by Crippen LogP contribution is -2.02. The minimum Gasteiger partial charge on any atom is -0.493 e. The molecule has 28 heavy (non-hydrogen) atoms. The maximum absolute atomic E-state index is 13.6. The van der Waals surface area contributed by atoms with Crippen molar-refractivity contribution >= 4 is 5.69 Å². The minimum absolute atomic E-state index is 0.531. The van der Waals surface area contributed by atoms with Gasteiger partial charge in [0.15, 0.2) is 0 Å². The zero-order valence-corrected chi connectivity index (χ0v) is 16.0. The third-order valence-corrected chi connectivity index (χ3v) is 4.43. The Morgan fingerprint density at radius 2 is 1.82 bits per heavy atom. The number of hydrogen-bond donors (Lipinski definition) is 0. The fraction of sp³-hybridized carbons (Fsp3) is 0.286. The van der Waals surface area contributed by atoms with Gasteiger partial charge in [-0.25, -0.2) is 0 Å². The van der Waals surface area contributed by atoms with Gasteiger partial charge in [0.2, 0.25) is 5.82 Å². The van der Waals surface area contributed by atoms with Crippen LogP contribution in [0.3, 0.4) is 0 Å². The maximum Gasteiger partial charge on any atom is 0.305 e. The molecule has 6 nitrogen and oxygen atoms in total. The van der Waals surface area contributed by atoms with E-state index in [1.54, 1.807) is 0 Å². The summed E-state index contributed by atoms with van der Waals surface area (Å²) in [7, 11) is 0. The molecule has 0 bridgehead atoms. The van der Waals surface area contributed by atoms with E-state index in [9.17, 15) is 14.5 Å². The SMILES string of the molecule is Cc1cc(CCCOc2c(C)cc(-c3ccc(F)c([N+](=O)[O-])c3)cc2C)on1. The molecule has 1 aromatic heterocycles. The van der Waals surface area contributed by atoms with Crippen LogP contribution in [-0.2, 0) is 6.42 Å². The molecule has 3 rings (SSSR count). The number of benzene rings is 2. The van der Waals surface area contributed by atoms with Gasteiger partial charge in [-0.3, -0.25) is 10.1 Å². The van der Waals surface area contributed by atoms with Gasteiger partial charge < -0.3 is 9.26 Å². The molecule has 0 aliphatic rings. The first-order valence-corrected chi connectivity index (χ1v) is 8.95. The summed E-state index contributed by atoms with van der Waals surface area (Å²) in [5.74, 6) is 0.779. The van der Waals surface area contributed by atoms with Crippen molar-refractivity contribution in [2.75, 3.05) is 6.61 Å². The minimum atomic E-state index is -0.843. The summed E-state index contributed by atoms with van der Waals surface area (Å²) in [6, 6.07) is 9.60. The van der Waals surface area contributed by atoms with Gasteiger partial charge in [0, 0.05) is 18.6 Å². The number of halogens is 1. The number of hydrogen-bond acceptors (Lipinski definition) is 5. The van der Waals surface area contributed by atoms with Crippen LogP contribution in [0, 0.1) is 36.7 Å². The van der Waals surface area contributed by atoms with Crippen molar-refractivity contribution in [1.82, 2.24) is 5.16 Å². The summed E-state index contributed by atoms with van der Waals surface area (Å²) in [4.78, 5) is 10.3. The molecule has 3 aromatic rings. The van der Waals surface area contributed by atoms with Gasteiger partial charge >= 0.3 is 5.69 Å². The Kier molecular flexibility index (Phi) is 5.73. The van der Waals surface area contributed by atoms with Gasteiger partial charge in [0.25, 0.3) is 0 Å². The fourth-order valence-corrected chi connectivity index (χ4v) is 3.13. The van der Waals surface area contributed by atoms with Gasteiger partial charge in [-0.1, -0.05) is 11.2 Å². The number of ether oxygens (including phenoxy) is 1. The molecule has 2 aromatic carbocycles. The van der Waals surface area contributed by atoms with Crippen LogP contribution < -0.4 is 4.74 Å². The summed E-state index contributed by atoms with van der Waals surface area (Å²) in [5, 5.41) is 14.8. The van der Waals surface area contributed by atoms with Gasteiger partial charge in [-0.15, -0.1) is 0 Å². The van der Waals surface area contributed by atoms with Gasteiger partial charge in [0.05, 0.1) is 17.2 Å². The highest BCUT2D eigenvalue weighted by Gasteiger charge is 2.16. The first-order chi connectivity index (χ1) is 13.3. The molecule has 0 aliphatic heterocycles. The molecule has 0 atom stereocenters. The van der Waals surface area contributed by atoms with E-state index in [0.29, 0.717) is 12.2 Å². The molecule has 0 fully saturated rings. The molecule has 7 heteroatoms. The summed E-state index contributed by atoms with van der Waals surface area (Å²) in [5.41, 5.74) is 3.53. The first kappa shape index (κ1) is 19.5. The number of nitro benzene ring substituents is 1. The smallest absolute Gasteiger partial charge is 0.305 e. The zero-order chi connectivity index (χ0) is 20.3. The van der Waals surface area contributed by atoms with Crippen molar-refractivity contribution < 1.29 is 18.6 Å². The van der Waals surface area contributed by atoms with Crippen molar-refractivity contribution in [3.05, 3.63) is 74.9 Å². The predicted molar refractivity (Wildman–Crippen MR) is 103 cm³/mol. The second-order valence-electron chi connectivity index (χ2n) is 6.75. The molecule has 0 saturated heterocycles. The third kappa shape index (κ3) is 4.36. The lowest BCUT2D eigenvalue weighted by Gasteiger charge is -2.14. The molecular formula is C21H21FN2O4. The second-order valence-corrected chi connectivity index (χ2v) is 6.75. The maximum atomic E-state index is 13.6. The van der Waals surface area contributed by atoms with E-state index in [1.807, 2.05) is 39.0 Å². The van der Waals surface area contributed by atoms with Crippen molar-refractivity contribution in [3.8, 4) is 16.9 Å². The number of aryl methyl sites for hydroxylation is 4. The van der Waals surface area contributed by atoms with E-state index < -0.39 is 16.4 Å². The quantitative estimate of drug-likeness (QED) is 0.313. The Morgan fingerprint density at radius 3 is 2.43 bits per heavy atom. The molecule has 0 aliphatic carbocycles. The van der Waals surface area contributed by atoms with Crippen LogP contribution >= 0.6 is 0 Å². The lowest BCUT2D eigenvalue weighted by molar-refractivity contribution is -0.387. The van der Waals surface area contributed by atoms with E-state index in [4.69, 9.17) is 9.26 Å². The highest BCUT2D eigenvalue weighted by atomic mass is 19.1. The molecule has 0 unspecified atom stereocenters. The van der Waals surface area contributed by atoms with Crippen LogP contribution in [-0.4, -0.2) is 16.7 Å². The van der Waals surface area contributed by atoms with Crippen molar-refractivity contribution in [2.45, 2.75) is 33.6 Å². The van der Waals surface area contributed by atoms with Crippen LogP contribution in [0.4, 0.5) is 10.1 Å². The Balaban J connectivity index is 1.72. The fourth-order valence-electron chi connectivity index (χ4n) is 3.13. The molecule has 0 radical (unpaired) electrons. The number of nitro groups is 1. The summed E-state index contributed by atoms with van der Waals surface area (Å²) >= 11 is 0.